The molecular formula is C24H22N6O. The number of hydrogen-bond donors (Lipinski definition) is 2. The number of ether oxygens (including phenoxy) is 1. The molecule has 5 rings (SSSR count). The number of imidazole rings is 1. The second-order valence-electron chi connectivity index (χ2n) is 7.19. The largest absolute Gasteiger partial charge is 0.494 e. The van der Waals surface area contributed by atoms with E-state index in [1.807, 2.05) is 60.7 Å². The Morgan fingerprint density at radius 2 is 1.71 bits per heavy atom. The highest BCUT2D eigenvalue weighted by Crippen LogP contribution is 2.30. The molecular weight excluding hydrogens is 388 g/mol. The molecule has 2 aromatic heterocycles. The topological polar surface area (TPSA) is 90.9 Å². The number of rotatable bonds is 6. The summed E-state index contributed by atoms with van der Waals surface area (Å²) in [6, 6.07) is 23.9. The van der Waals surface area contributed by atoms with E-state index in [0.717, 1.165) is 40.7 Å². The lowest BCUT2D eigenvalue weighted by Gasteiger charge is -2.14. The van der Waals surface area contributed by atoms with Crippen LogP contribution in [0.15, 0.2) is 72.8 Å². The predicted octanol–water partition coefficient (Wildman–Crippen LogP) is 4.21. The summed E-state index contributed by atoms with van der Waals surface area (Å²) in [5, 5.41) is 4.36. The van der Waals surface area contributed by atoms with E-state index in [1.54, 1.807) is 11.7 Å². The van der Waals surface area contributed by atoms with Gasteiger partial charge in [0.1, 0.15) is 17.1 Å². The molecule has 0 atom stereocenters. The molecule has 0 amide bonds. The van der Waals surface area contributed by atoms with Crippen molar-refractivity contribution >= 4 is 33.7 Å². The molecule has 0 radical (unpaired) electrons. The molecule has 0 unspecified atom stereocenters. The lowest BCUT2D eigenvalue weighted by molar-refractivity contribution is 0.419. The van der Waals surface area contributed by atoms with E-state index in [1.165, 1.54) is 5.56 Å². The average Bonchev–Trinajstić information content (AvgIpc) is 3.15. The van der Waals surface area contributed by atoms with Crippen molar-refractivity contribution in [1.82, 2.24) is 19.5 Å². The number of nitrogens with one attached hydrogen (secondary N) is 1. The number of para-hydroxylation sites is 3. The van der Waals surface area contributed by atoms with Gasteiger partial charge in [-0.1, -0.05) is 48.5 Å². The van der Waals surface area contributed by atoms with Gasteiger partial charge in [0.25, 0.3) is 0 Å². The first-order valence-corrected chi connectivity index (χ1v) is 10.1. The van der Waals surface area contributed by atoms with Crippen molar-refractivity contribution in [3.05, 3.63) is 78.4 Å². The van der Waals surface area contributed by atoms with Crippen LogP contribution in [0.3, 0.4) is 0 Å². The fraction of sp³-hybridized carbons (Fsp3) is 0.125. The molecule has 0 saturated carbocycles. The van der Waals surface area contributed by atoms with Crippen molar-refractivity contribution in [2.24, 2.45) is 0 Å². The Morgan fingerprint density at radius 1 is 0.903 bits per heavy atom. The summed E-state index contributed by atoms with van der Waals surface area (Å²) in [6.07, 6.45) is 0.877. The van der Waals surface area contributed by atoms with Gasteiger partial charge in [-0.25, -0.2) is 14.5 Å². The van der Waals surface area contributed by atoms with E-state index in [0.29, 0.717) is 17.6 Å². The molecule has 7 heteroatoms. The minimum Gasteiger partial charge on any atom is -0.494 e. The Kier molecular flexibility index (Phi) is 4.84. The van der Waals surface area contributed by atoms with Gasteiger partial charge in [0.2, 0.25) is 11.9 Å². The second-order valence-corrected chi connectivity index (χ2v) is 7.19. The molecule has 7 nitrogen and oxygen atoms in total. The van der Waals surface area contributed by atoms with Crippen LogP contribution in [0.1, 0.15) is 5.56 Å². The van der Waals surface area contributed by atoms with E-state index in [2.05, 4.69) is 22.4 Å². The van der Waals surface area contributed by atoms with Crippen molar-refractivity contribution < 1.29 is 4.74 Å². The van der Waals surface area contributed by atoms with Crippen molar-refractivity contribution in [2.75, 3.05) is 24.7 Å². The highest BCUT2D eigenvalue weighted by molar-refractivity contribution is 5.94. The maximum absolute atomic E-state index is 6.25. The Morgan fingerprint density at radius 3 is 2.55 bits per heavy atom. The summed E-state index contributed by atoms with van der Waals surface area (Å²) >= 11 is 0. The van der Waals surface area contributed by atoms with E-state index in [4.69, 9.17) is 20.4 Å². The molecule has 0 aliphatic rings. The lowest BCUT2D eigenvalue weighted by atomic mass is 10.1. The van der Waals surface area contributed by atoms with Crippen LogP contribution >= 0.6 is 0 Å². The van der Waals surface area contributed by atoms with Crippen LogP contribution in [0.4, 0.5) is 11.8 Å². The zero-order chi connectivity index (χ0) is 21.2. The third kappa shape index (κ3) is 3.50. The summed E-state index contributed by atoms with van der Waals surface area (Å²) in [5.41, 5.74) is 9.87. The van der Waals surface area contributed by atoms with Crippen molar-refractivity contribution in [3.63, 3.8) is 0 Å². The van der Waals surface area contributed by atoms with Gasteiger partial charge < -0.3 is 15.8 Å². The van der Waals surface area contributed by atoms with Gasteiger partial charge in [-0.3, -0.25) is 0 Å². The Labute approximate surface area is 179 Å². The molecule has 0 spiro atoms. The SMILES string of the molecule is COc1cccc2c(NCCc3ccccc3)nc(-n3c(N)nc4ccccc43)nc12. The number of anilines is 2. The fourth-order valence-corrected chi connectivity index (χ4v) is 3.74. The third-order valence-electron chi connectivity index (χ3n) is 5.23. The number of nitrogens with zero attached hydrogens (tertiary/aromatic N) is 4. The zero-order valence-electron chi connectivity index (χ0n) is 17.1. The van der Waals surface area contributed by atoms with Gasteiger partial charge in [0.15, 0.2) is 0 Å². The first-order chi connectivity index (χ1) is 15.2. The smallest absolute Gasteiger partial charge is 0.239 e. The van der Waals surface area contributed by atoms with Crippen LogP contribution in [0.25, 0.3) is 27.9 Å². The number of aromatic nitrogens is 4. The van der Waals surface area contributed by atoms with Crippen LogP contribution < -0.4 is 15.8 Å². The average molecular weight is 410 g/mol. The van der Waals surface area contributed by atoms with Crippen LogP contribution in [-0.4, -0.2) is 33.2 Å². The van der Waals surface area contributed by atoms with Gasteiger partial charge in [0, 0.05) is 11.9 Å². The molecule has 2 heterocycles. The number of fused-ring (bicyclic) bond motifs is 2. The van der Waals surface area contributed by atoms with E-state index < -0.39 is 0 Å². The highest BCUT2D eigenvalue weighted by atomic mass is 16.5. The molecule has 0 aliphatic carbocycles. The van der Waals surface area contributed by atoms with Gasteiger partial charge in [-0.2, -0.15) is 4.98 Å². The molecule has 0 aliphatic heterocycles. The van der Waals surface area contributed by atoms with E-state index in [-0.39, 0.29) is 0 Å². The summed E-state index contributed by atoms with van der Waals surface area (Å²) in [7, 11) is 1.64. The third-order valence-corrected chi connectivity index (χ3v) is 5.23. The summed E-state index contributed by atoms with van der Waals surface area (Å²) in [4.78, 5) is 14.1. The van der Waals surface area contributed by atoms with Gasteiger partial charge in [-0.05, 0) is 36.2 Å². The van der Waals surface area contributed by atoms with Crippen LogP contribution in [0.2, 0.25) is 0 Å². The quantitative estimate of drug-likeness (QED) is 0.436. The molecule has 3 N–H and O–H groups in total. The minimum atomic E-state index is 0.339. The first-order valence-electron chi connectivity index (χ1n) is 10.1. The molecule has 0 fully saturated rings. The molecule has 31 heavy (non-hydrogen) atoms. The highest BCUT2D eigenvalue weighted by Gasteiger charge is 2.17. The summed E-state index contributed by atoms with van der Waals surface area (Å²) < 4.78 is 7.34. The van der Waals surface area contributed by atoms with Crippen molar-refractivity contribution in [3.8, 4) is 11.7 Å². The second kappa shape index (κ2) is 7.95. The summed E-state index contributed by atoms with van der Waals surface area (Å²) in [6.45, 7) is 0.729. The monoisotopic (exact) mass is 410 g/mol. The molecule has 5 aromatic rings. The lowest BCUT2D eigenvalue weighted by Crippen LogP contribution is -2.11. The fourth-order valence-electron chi connectivity index (χ4n) is 3.74. The molecule has 3 aromatic carbocycles. The molecule has 0 bridgehead atoms. The standard InChI is InChI=1S/C24H22N6O/c1-31-20-13-7-10-17-21(20)28-24(30-19-12-6-5-11-18(19)27-23(30)25)29-22(17)26-15-14-16-8-3-2-4-9-16/h2-13H,14-15H2,1H3,(H2,25,27)(H,26,28,29). The number of nitrogens with two attached hydrogens (primary N) is 1. The number of hydrogen-bond acceptors (Lipinski definition) is 6. The summed E-state index contributed by atoms with van der Waals surface area (Å²) in [5.74, 6) is 2.19. The molecule has 154 valence electrons. The van der Waals surface area contributed by atoms with Crippen LogP contribution in [-0.2, 0) is 6.42 Å². The van der Waals surface area contributed by atoms with Crippen LogP contribution in [0.5, 0.6) is 5.75 Å². The van der Waals surface area contributed by atoms with Crippen LogP contribution in [0, 0.1) is 0 Å². The number of nitrogen functional groups attached to an aromatic ring is 1. The maximum atomic E-state index is 6.25. The van der Waals surface area contributed by atoms with Crippen molar-refractivity contribution in [1.29, 1.82) is 0 Å². The van der Waals surface area contributed by atoms with Gasteiger partial charge in [-0.15, -0.1) is 0 Å². The Bertz CT molecular complexity index is 1360. The zero-order valence-corrected chi connectivity index (χ0v) is 17.1. The molecule has 0 saturated heterocycles. The van der Waals surface area contributed by atoms with E-state index >= 15 is 0 Å². The van der Waals surface area contributed by atoms with Crippen molar-refractivity contribution in [2.45, 2.75) is 6.42 Å². The van der Waals surface area contributed by atoms with Gasteiger partial charge >= 0.3 is 0 Å². The number of benzene rings is 3. The Balaban J connectivity index is 1.61. The minimum absolute atomic E-state index is 0.339. The Hall–Kier alpha value is -4.13. The normalized spacial score (nSPS) is 11.1. The first kappa shape index (κ1) is 18.9. The van der Waals surface area contributed by atoms with E-state index in [9.17, 15) is 0 Å². The van der Waals surface area contributed by atoms with Gasteiger partial charge in [0.05, 0.1) is 18.1 Å². The predicted molar refractivity (Wildman–Crippen MR) is 124 cm³/mol. The maximum Gasteiger partial charge on any atom is 0.239 e. The number of methoxy groups -OCH3 is 1.